The highest BCUT2D eigenvalue weighted by molar-refractivity contribution is 5.49. The number of hydrogen-bond acceptors (Lipinski definition) is 2. The molecule has 1 aromatic carbocycles. The van der Waals surface area contributed by atoms with Crippen molar-refractivity contribution < 1.29 is 17.9 Å². The number of hydrogen-bond donors (Lipinski definition) is 0. The van der Waals surface area contributed by atoms with Crippen LogP contribution < -0.4 is 9.64 Å². The Labute approximate surface area is 148 Å². The largest absolute Gasteiger partial charge is 0.490 e. The first-order valence-corrected chi connectivity index (χ1v) is 9.20. The fraction of sp³-hybridized carbons (Fsp3) is 0.600. The zero-order valence-electron chi connectivity index (χ0n) is 14.9. The summed E-state index contributed by atoms with van der Waals surface area (Å²) in [6, 6.07) is 7.62. The lowest BCUT2D eigenvalue weighted by Gasteiger charge is -2.33. The summed E-state index contributed by atoms with van der Waals surface area (Å²) >= 11 is 0. The third-order valence-electron chi connectivity index (χ3n) is 4.69. The fourth-order valence-corrected chi connectivity index (χ4v) is 3.24. The van der Waals surface area contributed by atoms with Gasteiger partial charge in [0.1, 0.15) is 12.4 Å². The minimum atomic E-state index is -4.28. The number of anilines is 1. The maximum absolute atomic E-state index is 12.0. The third-order valence-corrected chi connectivity index (χ3v) is 4.69. The van der Waals surface area contributed by atoms with Gasteiger partial charge in [0.05, 0.1) is 0 Å². The maximum atomic E-state index is 12.0. The number of benzene rings is 1. The van der Waals surface area contributed by atoms with Crippen molar-refractivity contribution in [1.82, 2.24) is 0 Å². The third kappa shape index (κ3) is 7.41. The SMILES string of the molecule is CCCCCC1CCN(c2ccc(OCC=CC(F)(F)F)cc2)CC1. The molecule has 2 nitrogen and oxygen atoms in total. The average Bonchev–Trinajstić information content (AvgIpc) is 2.59. The van der Waals surface area contributed by atoms with Crippen molar-refractivity contribution in [2.75, 3.05) is 24.6 Å². The van der Waals surface area contributed by atoms with E-state index in [1.165, 1.54) is 38.5 Å². The molecule has 1 aromatic rings. The second-order valence-corrected chi connectivity index (χ2v) is 6.68. The molecule has 0 aromatic heterocycles. The van der Waals surface area contributed by atoms with Crippen LogP contribution in [0.25, 0.3) is 0 Å². The van der Waals surface area contributed by atoms with Crippen LogP contribution in [0.5, 0.6) is 5.75 Å². The van der Waals surface area contributed by atoms with E-state index in [-0.39, 0.29) is 12.7 Å². The van der Waals surface area contributed by atoms with Crippen LogP contribution in [0.4, 0.5) is 18.9 Å². The normalized spacial score (nSPS) is 16.6. The minimum absolute atomic E-state index is 0.0813. The van der Waals surface area contributed by atoms with E-state index in [2.05, 4.69) is 11.8 Å². The van der Waals surface area contributed by atoms with Crippen molar-refractivity contribution >= 4 is 5.69 Å². The van der Waals surface area contributed by atoms with Gasteiger partial charge in [-0.3, -0.25) is 0 Å². The second kappa shape index (κ2) is 9.73. The van der Waals surface area contributed by atoms with Gasteiger partial charge < -0.3 is 9.64 Å². The van der Waals surface area contributed by atoms with Crippen molar-refractivity contribution in [3.8, 4) is 5.75 Å². The Bertz CT molecular complexity index is 517. The molecule has 0 aliphatic carbocycles. The van der Waals surface area contributed by atoms with Gasteiger partial charge in [0.15, 0.2) is 0 Å². The highest BCUT2D eigenvalue weighted by atomic mass is 19.4. The molecule has 25 heavy (non-hydrogen) atoms. The molecular formula is C20H28F3NO. The molecule has 0 saturated carbocycles. The molecule has 1 fully saturated rings. The van der Waals surface area contributed by atoms with Crippen molar-refractivity contribution in [1.29, 1.82) is 0 Å². The summed E-state index contributed by atoms with van der Waals surface area (Å²) in [5.74, 6) is 1.44. The van der Waals surface area contributed by atoms with Crippen LogP contribution in [0, 0.1) is 5.92 Å². The molecule has 0 spiro atoms. The molecule has 0 unspecified atom stereocenters. The van der Waals surface area contributed by atoms with Gasteiger partial charge in [-0.15, -0.1) is 0 Å². The van der Waals surface area contributed by atoms with E-state index in [9.17, 15) is 13.2 Å². The number of piperidine rings is 1. The molecule has 2 rings (SSSR count). The minimum Gasteiger partial charge on any atom is -0.490 e. The predicted molar refractivity (Wildman–Crippen MR) is 96.2 cm³/mol. The smallest absolute Gasteiger partial charge is 0.409 e. The Hall–Kier alpha value is -1.65. The van der Waals surface area contributed by atoms with E-state index in [4.69, 9.17) is 4.74 Å². The van der Waals surface area contributed by atoms with Crippen LogP contribution in [0.2, 0.25) is 0 Å². The van der Waals surface area contributed by atoms with Gasteiger partial charge >= 0.3 is 6.18 Å². The van der Waals surface area contributed by atoms with Crippen LogP contribution >= 0.6 is 0 Å². The van der Waals surface area contributed by atoms with Crippen LogP contribution in [-0.4, -0.2) is 25.9 Å². The van der Waals surface area contributed by atoms with Crippen molar-refractivity contribution in [2.24, 2.45) is 5.92 Å². The van der Waals surface area contributed by atoms with Gasteiger partial charge in [-0.05, 0) is 49.1 Å². The van der Waals surface area contributed by atoms with E-state index >= 15 is 0 Å². The first-order chi connectivity index (χ1) is 12.0. The first kappa shape index (κ1) is 19.7. The molecule has 5 heteroatoms. The zero-order valence-corrected chi connectivity index (χ0v) is 14.9. The molecule has 0 amide bonds. The van der Waals surface area contributed by atoms with Crippen LogP contribution in [-0.2, 0) is 0 Å². The summed E-state index contributed by atoms with van der Waals surface area (Å²) in [4.78, 5) is 2.38. The summed E-state index contributed by atoms with van der Waals surface area (Å²) in [6.45, 7) is 4.31. The molecular weight excluding hydrogens is 327 g/mol. The molecule has 0 N–H and O–H groups in total. The number of rotatable bonds is 8. The molecule has 0 radical (unpaired) electrons. The number of allylic oxidation sites excluding steroid dienone is 1. The first-order valence-electron chi connectivity index (χ1n) is 9.20. The van der Waals surface area contributed by atoms with Crippen LogP contribution in [0.3, 0.4) is 0 Å². The van der Waals surface area contributed by atoms with Gasteiger partial charge in [-0.2, -0.15) is 13.2 Å². The Balaban J connectivity index is 1.74. The van der Waals surface area contributed by atoms with Gasteiger partial charge in [0.2, 0.25) is 0 Å². The van der Waals surface area contributed by atoms with Gasteiger partial charge in [0.25, 0.3) is 0 Å². The summed E-state index contributed by atoms with van der Waals surface area (Å²) in [5, 5.41) is 0. The standard InChI is InChI=1S/C20H28F3NO/c1-2-3-4-6-17-11-14-24(15-12-17)18-7-9-19(10-8-18)25-16-5-13-20(21,22)23/h5,7-10,13,17H,2-4,6,11-12,14-16H2,1H3. The Kier molecular flexibility index (Phi) is 7.66. The Morgan fingerprint density at radius 3 is 2.40 bits per heavy atom. The molecule has 0 bridgehead atoms. The summed E-state index contributed by atoms with van der Waals surface area (Å²) in [6.07, 6.45) is 4.68. The lowest BCUT2D eigenvalue weighted by atomic mass is 9.91. The molecule has 1 heterocycles. The van der Waals surface area contributed by atoms with E-state index in [0.717, 1.165) is 30.8 Å². The van der Waals surface area contributed by atoms with Crippen molar-refractivity contribution in [2.45, 2.75) is 51.6 Å². The van der Waals surface area contributed by atoms with Gasteiger partial charge in [-0.25, -0.2) is 0 Å². The highest BCUT2D eigenvalue weighted by Crippen LogP contribution is 2.28. The molecule has 1 aliphatic heterocycles. The lowest BCUT2D eigenvalue weighted by Crippen LogP contribution is -2.33. The highest BCUT2D eigenvalue weighted by Gasteiger charge is 2.21. The van der Waals surface area contributed by atoms with Crippen LogP contribution in [0.15, 0.2) is 36.4 Å². The number of alkyl halides is 3. The van der Waals surface area contributed by atoms with Gasteiger partial charge in [-0.1, -0.05) is 32.6 Å². The topological polar surface area (TPSA) is 12.5 Å². The van der Waals surface area contributed by atoms with E-state index in [1.807, 2.05) is 24.3 Å². The fourth-order valence-electron chi connectivity index (χ4n) is 3.24. The van der Waals surface area contributed by atoms with Crippen molar-refractivity contribution in [3.63, 3.8) is 0 Å². The van der Waals surface area contributed by atoms with E-state index in [1.54, 1.807) is 0 Å². The second-order valence-electron chi connectivity index (χ2n) is 6.68. The van der Waals surface area contributed by atoms with Gasteiger partial charge in [0, 0.05) is 24.9 Å². The van der Waals surface area contributed by atoms with E-state index in [0.29, 0.717) is 5.75 Å². The zero-order chi connectivity index (χ0) is 18.1. The number of halogens is 3. The lowest BCUT2D eigenvalue weighted by molar-refractivity contribution is -0.0801. The molecule has 140 valence electrons. The summed E-state index contributed by atoms with van der Waals surface area (Å²) in [7, 11) is 0. The maximum Gasteiger partial charge on any atom is 0.409 e. The summed E-state index contributed by atoms with van der Waals surface area (Å²) in [5.41, 5.74) is 1.16. The Morgan fingerprint density at radius 2 is 1.80 bits per heavy atom. The molecule has 0 atom stereocenters. The quantitative estimate of drug-likeness (QED) is 0.420. The molecule has 1 saturated heterocycles. The average molecular weight is 355 g/mol. The van der Waals surface area contributed by atoms with E-state index < -0.39 is 6.18 Å². The number of ether oxygens (including phenoxy) is 1. The van der Waals surface area contributed by atoms with Crippen LogP contribution in [0.1, 0.15) is 45.4 Å². The number of nitrogens with zero attached hydrogens (tertiary/aromatic N) is 1. The van der Waals surface area contributed by atoms with Crippen molar-refractivity contribution in [3.05, 3.63) is 36.4 Å². The monoisotopic (exact) mass is 355 g/mol. The Morgan fingerprint density at radius 1 is 1.12 bits per heavy atom. The number of unbranched alkanes of at least 4 members (excludes halogenated alkanes) is 2. The predicted octanol–water partition coefficient (Wildman–Crippen LogP) is 5.98. The molecule has 1 aliphatic rings. The summed E-state index contributed by atoms with van der Waals surface area (Å²) < 4.78 is 41.3.